The van der Waals surface area contributed by atoms with Gasteiger partial charge in [-0.25, -0.2) is 4.98 Å². The van der Waals surface area contributed by atoms with Gasteiger partial charge < -0.3 is 35.3 Å². The molecule has 20 heavy (non-hydrogen) atoms. The summed E-state index contributed by atoms with van der Waals surface area (Å²) in [4.78, 5) is 3.34. The number of aryl methyl sites for hydroxylation is 2. The molecule has 1 aromatic carbocycles. The molecule has 1 heterocycles. The quantitative estimate of drug-likeness (QED) is 0.612. The number of halogens is 2. The summed E-state index contributed by atoms with van der Waals surface area (Å²) in [6.45, 7) is 4.72. The zero-order chi connectivity index (χ0) is 13.0. The lowest BCUT2D eigenvalue weighted by Gasteiger charge is -2.07. The average Bonchev–Trinajstić information content (AvgIpc) is 2.38. The molecule has 0 radical (unpaired) electrons. The molecule has 110 valence electrons. The van der Waals surface area contributed by atoms with Crippen LogP contribution in [0.4, 0.5) is 5.69 Å². The maximum Gasteiger partial charge on any atom is 0.248 e. The van der Waals surface area contributed by atoms with Crippen LogP contribution in [0.25, 0.3) is 0 Å². The fourth-order valence-corrected chi connectivity index (χ4v) is 2.01. The van der Waals surface area contributed by atoms with Crippen molar-refractivity contribution in [1.82, 2.24) is 0 Å². The molecule has 0 aliphatic heterocycles. The zero-order valence-corrected chi connectivity index (χ0v) is 13.3. The molecule has 1 aromatic heterocycles. The second-order valence-corrected chi connectivity index (χ2v) is 4.41. The van der Waals surface area contributed by atoms with Gasteiger partial charge in [0.1, 0.15) is 6.61 Å². The van der Waals surface area contributed by atoms with E-state index < -0.39 is 0 Å². The van der Waals surface area contributed by atoms with E-state index >= 15 is 0 Å². The minimum absolute atomic E-state index is 0. The first-order chi connectivity index (χ1) is 8.70. The molecule has 0 aliphatic carbocycles. The van der Waals surface area contributed by atoms with Gasteiger partial charge in [-0.1, -0.05) is 37.3 Å². The van der Waals surface area contributed by atoms with Crippen LogP contribution in [0.1, 0.15) is 23.9 Å². The molecule has 0 aliphatic rings. The Hall–Kier alpha value is -1.29. The summed E-state index contributed by atoms with van der Waals surface area (Å²) in [5, 5.41) is 0. The highest BCUT2D eigenvalue weighted by atomic mass is 35.5. The second-order valence-electron chi connectivity index (χ2n) is 4.41. The molecule has 0 saturated heterocycles. The molecule has 2 aromatic rings. The number of aromatic amines is 1. The van der Waals surface area contributed by atoms with E-state index in [1.54, 1.807) is 0 Å². The summed E-state index contributed by atoms with van der Waals surface area (Å²) in [6, 6.07) is 12.2. The van der Waals surface area contributed by atoms with E-state index in [1.165, 1.54) is 5.56 Å². The molecule has 3 nitrogen and oxygen atoms in total. The third-order valence-electron chi connectivity index (χ3n) is 2.88. The highest BCUT2D eigenvalue weighted by Crippen LogP contribution is 2.23. The Morgan fingerprint density at radius 2 is 1.80 bits per heavy atom. The number of H-pyrrole nitrogens is 1. The molecule has 4 N–H and O–H groups in total. The van der Waals surface area contributed by atoms with Crippen LogP contribution in [0, 0.1) is 6.92 Å². The van der Waals surface area contributed by atoms with Crippen LogP contribution in [-0.4, -0.2) is 0 Å². The van der Waals surface area contributed by atoms with E-state index in [9.17, 15) is 0 Å². The Morgan fingerprint density at radius 3 is 2.40 bits per heavy atom. The minimum atomic E-state index is 0. The van der Waals surface area contributed by atoms with Gasteiger partial charge in [-0.3, -0.25) is 0 Å². The van der Waals surface area contributed by atoms with Crippen molar-refractivity contribution in [3.05, 3.63) is 53.3 Å². The second kappa shape index (κ2) is 8.80. The maximum absolute atomic E-state index is 5.91. The number of rotatable bonds is 4. The Balaban J connectivity index is 0.00000180. The van der Waals surface area contributed by atoms with Crippen molar-refractivity contribution in [2.75, 3.05) is 0 Å². The summed E-state index contributed by atoms with van der Waals surface area (Å²) in [7, 11) is 0. The highest BCUT2D eigenvalue weighted by Gasteiger charge is 2.17. The van der Waals surface area contributed by atoms with E-state index in [2.05, 4.69) is 29.8 Å². The van der Waals surface area contributed by atoms with Gasteiger partial charge in [0.2, 0.25) is 11.4 Å². The maximum atomic E-state index is 5.91. The van der Waals surface area contributed by atoms with Gasteiger partial charge in [0.15, 0.2) is 11.4 Å². The van der Waals surface area contributed by atoms with Crippen molar-refractivity contribution in [1.29, 1.82) is 0 Å². The van der Waals surface area contributed by atoms with Crippen molar-refractivity contribution in [3.8, 4) is 5.75 Å². The summed E-state index contributed by atoms with van der Waals surface area (Å²) in [6.07, 6.45) is 0.911. The Morgan fingerprint density at radius 1 is 1.15 bits per heavy atom. The van der Waals surface area contributed by atoms with Gasteiger partial charge >= 0.3 is 0 Å². The lowest BCUT2D eigenvalue weighted by molar-refractivity contribution is -0.402. The van der Waals surface area contributed by atoms with E-state index in [1.807, 2.05) is 31.2 Å². The van der Waals surface area contributed by atoms with Crippen LogP contribution in [0.2, 0.25) is 0 Å². The number of hydrogen-bond donors (Lipinski definition) is 1. The summed E-state index contributed by atoms with van der Waals surface area (Å²) in [5.74, 6) is 0.881. The first kappa shape index (κ1) is 18.7. The molecule has 0 fully saturated rings. The van der Waals surface area contributed by atoms with Gasteiger partial charge in [0, 0.05) is 13.3 Å². The number of aromatic nitrogens is 1. The smallest absolute Gasteiger partial charge is 0.248 e. The Kier molecular flexibility index (Phi) is 8.23. The summed E-state index contributed by atoms with van der Waals surface area (Å²) >= 11 is 0. The topological polar surface area (TPSA) is 51.0 Å². The lowest BCUT2D eigenvalue weighted by Crippen LogP contribution is -3.00. The fraction of sp³-hybridized carbons (Fsp3) is 0.267. The third-order valence-corrected chi connectivity index (χ3v) is 2.88. The Bertz CT molecular complexity index is 533. The molecular weight excluding hydrogens is 295 g/mol. The third kappa shape index (κ3) is 4.67. The molecular formula is C15H20Cl2N2O. The number of nitrogens with one attached hydrogen (secondary N) is 1. The average molecular weight is 315 g/mol. The number of ether oxygens (including phenoxy) is 1. The molecule has 0 spiro atoms. The largest absolute Gasteiger partial charge is 1.00 e. The zero-order valence-electron chi connectivity index (χ0n) is 11.7. The van der Waals surface area contributed by atoms with Crippen LogP contribution in [0.15, 0.2) is 36.4 Å². The van der Waals surface area contributed by atoms with Crippen LogP contribution < -0.4 is 40.3 Å². The number of quaternary nitrogens is 1. The molecule has 0 unspecified atom stereocenters. The van der Waals surface area contributed by atoms with Crippen LogP contribution in [0.5, 0.6) is 5.75 Å². The standard InChI is InChI=1S/C15H18N2O.2ClH/c1-3-14-15(13(16)9-11(2)17-14)18-10-12-7-5-4-6-8-12;;/h4-9H,3,10H2,1-2H3,(H2,16,17);2*1H. The number of pyridine rings is 1. The van der Waals surface area contributed by atoms with Crippen LogP contribution >= 0.6 is 0 Å². The van der Waals surface area contributed by atoms with Gasteiger partial charge in [0.25, 0.3) is 0 Å². The van der Waals surface area contributed by atoms with Crippen molar-refractivity contribution >= 4 is 5.69 Å². The molecule has 0 bridgehead atoms. The molecule has 0 saturated carbocycles. The number of benzene rings is 1. The van der Waals surface area contributed by atoms with Crippen molar-refractivity contribution in [2.45, 2.75) is 26.9 Å². The van der Waals surface area contributed by atoms with E-state index in [0.29, 0.717) is 6.61 Å². The lowest BCUT2D eigenvalue weighted by atomic mass is 10.2. The first-order valence-corrected chi connectivity index (χ1v) is 6.25. The monoisotopic (exact) mass is 314 g/mol. The number of hydrogen-bond acceptors (Lipinski definition) is 1. The minimum Gasteiger partial charge on any atom is -1.00 e. The molecule has 0 atom stereocenters. The Labute approximate surface area is 132 Å². The predicted octanol–water partition coefficient (Wildman–Crippen LogP) is -4.17. The van der Waals surface area contributed by atoms with Crippen LogP contribution in [-0.2, 0) is 13.0 Å². The summed E-state index contributed by atoms with van der Waals surface area (Å²) in [5.41, 5.74) is 8.39. The van der Waals surface area contributed by atoms with Gasteiger partial charge in [0.05, 0.1) is 6.07 Å². The van der Waals surface area contributed by atoms with Gasteiger partial charge in [-0.15, -0.1) is 0 Å². The highest BCUT2D eigenvalue weighted by molar-refractivity contribution is 5.46. The fourth-order valence-electron chi connectivity index (χ4n) is 2.01. The molecule has 5 heteroatoms. The van der Waals surface area contributed by atoms with E-state index in [-0.39, 0.29) is 24.8 Å². The van der Waals surface area contributed by atoms with Gasteiger partial charge in [-0.2, -0.15) is 0 Å². The van der Waals surface area contributed by atoms with E-state index in [0.717, 1.165) is 29.2 Å². The van der Waals surface area contributed by atoms with E-state index in [4.69, 9.17) is 4.74 Å². The first-order valence-electron chi connectivity index (χ1n) is 6.25. The van der Waals surface area contributed by atoms with Crippen molar-refractivity contribution in [2.24, 2.45) is 0 Å². The van der Waals surface area contributed by atoms with Crippen molar-refractivity contribution in [3.63, 3.8) is 0 Å². The molecule has 2 rings (SSSR count). The predicted molar refractivity (Wildman–Crippen MR) is 70.4 cm³/mol. The SMILES string of the molecule is CCc1[nH+]c(C)cc([NH3+])c1OCc1ccccc1.[Cl-].[Cl-]. The summed E-state index contributed by atoms with van der Waals surface area (Å²) < 4.78 is 5.91. The van der Waals surface area contributed by atoms with Gasteiger partial charge in [-0.05, 0) is 5.56 Å². The normalized spacial score (nSPS) is 9.35. The van der Waals surface area contributed by atoms with Crippen LogP contribution in [0.3, 0.4) is 0 Å². The van der Waals surface area contributed by atoms with Crippen molar-refractivity contribution < 1.29 is 40.3 Å². The molecule has 0 amide bonds.